The van der Waals surface area contributed by atoms with Crippen LogP contribution in [0.2, 0.25) is 0 Å². The molecule has 1 aromatic heterocycles. The van der Waals surface area contributed by atoms with Crippen molar-refractivity contribution < 1.29 is 18.4 Å². The van der Waals surface area contributed by atoms with Crippen LogP contribution < -0.4 is 10.6 Å². The minimum Gasteiger partial charge on any atom is -0.338 e. The van der Waals surface area contributed by atoms with Crippen molar-refractivity contribution in [1.82, 2.24) is 20.4 Å². The number of benzene rings is 2. The molecule has 2 heterocycles. The zero-order valence-electron chi connectivity index (χ0n) is 17.3. The molecule has 3 amide bonds. The van der Waals surface area contributed by atoms with E-state index < -0.39 is 11.8 Å². The second-order valence-corrected chi connectivity index (χ2v) is 7.77. The number of amides is 3. The largest absolute Gasteiger partial charge is 0.338 e. The molecule has 1 unspecified atom stereocenters. The number of nitrogens with one attached hydrogen (secondary N) is 3. The molecular formula is C23H23F2N5O2. The predicted octanol–water partition coefficient (Wildman–Crippen LogP) is 4.03. The second-order valence-electron chi connectivity index (χ2n) is 7.77. The summed E-state index contributed by atoms with van der Waals surface area (Å²) in [6.45, 7) is 1.49. The lowest BCUT2D eigenvalue weighted by Crippen LogP contribution is -2.44. The van der Waals surface area contributed by atoms with E-state index in [1.54, 1.807) is 23.1 Å². The van der Waals surface area contributed by atoms with Crippen LogP contribution in [0.25, 0.3) is 11.3 Å². The third kappa shape index (κ3) is 5.11. The molecule has 3 N–H and O–H groups in total. The highest BCUT2D eigenvalue weighted by Gasteiger charge is 2.27. The maximum absolute atomic E-state index is 13.3. The van der Waals surface area contributed by atoms with E-state index in [1.165, 1.54) is 36.5 Å². The van der Waals surface area contributed by atoms with E-state index in [0.717, 1.165) is 12.8 Å². The zero-order valence-corrected chi connectivity index (χ0v) is 17.3. The van der Waals surface area contributed by atoms with Gasteiger partial charge in [-0.15, -0.1) is 0 Å². The number of anilines is 1. The van der Waals surface area contributed by atoms with E-state index in [-0.39, 0.29) is 17.6 Å². The van der Waals surface area contributed by atoms with Gasteiger partial charge in [-0.1, -0.05) is 6.07 Å². The van der Waals surface area contributed by atoms with Crippen molar-refractivity contribution in [1.29, 1.82) is 0 Å². The molecule has 0 aliphatic carbocycles. The van der Waals surface area contributed by atoms with Crippen LogP contribution in [0.5, 0.6) is 0 Å². The Morgan fingerprint density at radius 3 is 2.72 bits per heavy atom. The molecule has 0 bridgehead atoms. The van der Waals surface area contributed by atoms with E-state index in [9.17, 15) is 18.4 Å². The van der Waals surface area contributed by atoms with Crippen LogP contribution >= 0.6 is 0 Å². The van der Waals surface area contributed by atoms with Crippen molar-refractivity contribution in [3.05, 3.63) is 71.9 Å². The van der Waals surface area contributed by atoms with Gasteiger partial charge in [0, 0.05) is 30.9 Å². The smallest absolute Gasteiger partial charge is 0.319 e. The molecule has 4 rings (SSSR count). The van der Waals surface area contributed by atoms with E-state index in [1.807, 2.05) is 0 Å². The number of piperidine rings is 1. The topological polar surface area (TPSA) is 90.1 Å². The Balaban J connectivity index is 1.35. The van der Waals surface area contributed by atoms with E-state index in [2.05, 4.69) is 20.8 Å². The highest BCUT2D eigenvalue weighted by atomic mass is 19.1. The number of H-pyrrole nitrogens is 1. The van der Waals surface area contributed by atoms with E-state index in [4.69, 9.17) is 0 Å². The van der Waals surface area contributed by atoms with Gasteiger partial charge in [0.1, 0.15) is 11.6 Å². The average molecular weight is 439 g/mol. The summed E-state index contributed by atoms with van der Waals surface area (Å²) in [6, 6.07) is 11.1. The molecule has 1 saturated heterocycles. The lowest BCUT2D eigenvalue weighted by Gasteiger charge is -2.33. The molecule has 3 aromatic rings. The van der Waals surface area contributed by atoms with Crippen LogP contribution in [0.1, 0.15) is 23.2 Å². The fraction of sp³-hybridized carbons (Fsp3) is 0.261. The number of carbonyl (C=O) groups is 2. The summed E-state index contributed by atoms with van der Waals surface area (Å²) >= 11 is 0. The van der Waals surface area contributed by atoms with Crippen molar-refractivity contribution in [2.24, 2.45) is 5.92 Å². The Bertz CT molecular complexity index is 1100. The number of carbonyl (C=O) groups excluding carboxylic acids is 2. The van der Waals surface area contributed by atoms with Crippen LogP contribution in [-0.4, -0.2) is 46.7 Å². The first-order chi connectivity index (χ1) is 15.5. The molecule has 0 saturated carbocycles. The van der Waals surface area contributed by atoms with Gasteiger partial charge in [-0.3, -0.25) is 9.89 Å². The van der Waals surface area contributed by atoms with Gasteiger partial charge in [0.25, 0.3) is 5.91 Å². The Morgan fingerprint density at radius 1 is 1.12 bits per heavy atom. The predicted molar refractivity (Wildman–Crippen MR) is 116 cm³/mol. The number of hydrogen-bond acceptors (Lipinski definition) is 3. The van der Waals surface area contributed by atoms with Gasteiger partial charge in [-0.05, 0) is 61.2 Å². The lowest BCUT2D eigenvalue weighted by atomic mass is 9.97. The molecule has 32 heavy (non-hydrogen) atoms. The summed E-state index contributed by atoms with van der Waals surface area (Å²) in [5, 5.41) is 12.2. The molecule has 0 radical (unpaired) electrons. The van der Waals surface area contributed by atoms with Crippen molar-refractivity contribution in [2.75, 3.05) is 25.0 Å². The maximum Gasteiger partial charge on any atom is 0.319 e. The number of halogens is 2. The highest BCUT2D eigenvalue weighted by Crippen LogP contribution is 2.25. The van der Waals surface area contributed by atoms with Crippen LogP contribution in [0.3, 0.4) is 0 Å². The minimum atomic E-state index is -0.427. The minimum absolute atomic E-state index is 0.0899. The van der Waals surface area contributed by atoms with Gasteiger partial charge in [-0.25, -0.2) is 13.6 Å². The highest BCUT2D eigenvalue weighted by molar-refractivity contribution is 5.99. The number of hydrogen-bond donors (Lipinski definition) is 3. The fourth-order valence-corrected chi connectivity index (χ4v) is 3.85. The quantitative estimate of drug-likeness (QED) is 0.561. The summed E-state index contributed by atoms with van der Waals surface area (Å²) in [5.41, 5.74) is 2.02. The molecule has 166 valence electrons. The standard InChI is InChI=1S/C23H23F2N5O2/c24-17-8-6-16(7-9-17)21-20(13-27-29-21)22(31)30-10-2-3-15(14-30)12-26-23(32)28-19-5-1-4-18(25)11-19/h1,4-9,11,13,15H,2-3,10,12,14H2,(H,27,29)(H2,26,28,32). The molecule has 1 aliphatic heterocycles. The molecule has 2 aromatic carbocycles. The van der Waals surface area contributed by atoms with Gasteiger partial charge in [0.2, 0.25) is 0 Å². The summed E-state index contributed by atoms with van der Waals surface area (Å²) in [5.74, 6) is -0.850. The van der Waals surface area contributed by atoms with E-state index in [0.29, 0.717) is 42.1 Å². The summed E-state index contributed by atoms with van der Waals surface area (Å²) in [6.07, 6.45) is 3.17. The summed E-state index contributed by atoms with van der Waals surface area (Å²) in [4.78, 5) is 27.0. The number of rotatable bonds is 5. The molecule has 1 aliphatic rings. The van der Waals surface area contributed by atoms with Crippen molar-refractivity contribution in [3.63, 3.8) is 0 Å². The van der Waals surface area contributed by atoms with Crippen LogP contribution in [0.4, 0.5) is 19.3 Å². The summed E-state index contributed by atoms with van der Waals surface area (Å²) < 4.78 is 26.5. The Morgan fingerprint density at radius 2 is 1.94 bits per heavy atom. The third-order valence-corrected chi connectivity index (χ3v) is 5.44. The monoisotopic (exact) mass is 439 g/mol. The molecular weight excluding hydrogens is 416 g/mol. The molecule has 9 heteroatoms. The van der Waals surface area contributed by atoms with E-state index >= 15 is 0 Å². The number of aromatic amines is 1. The Kier molecular flexibility index (Phi) is 6.44. The average Bonchev–Trinajstić information content (AvgIpc) is 3.28. The van der Waals surface area contributed by atoms with Gasteiger partial charge in [0.15, 0.2) is 0 Å². The van der Waals surface area contributed by atoms with Gasteiger partial charge >= 0.3 is 6.03 Å². The normalized spacial score (nSPS) is 15.9. The first-order valence-electron chi connectivity index (χ1n) is 10.4. The Hall–Kier alpha value is -3.75. The SMILES string of the molecule is O=C(NCC1CCCN(C(=O)c2cn[nH]c2-c2ccc(F)cc2)C1)Nc1cccc(F)c1. The number of urea groups is 1. The number of aromatic nitrogens is 2. The van der Waals surface area contributed by atoms with Gasteiger partial charge in [-0.2, -0.15) is 5.10 Å². The van der Waals surface area contributed by atoms with Crippen LogP contribution in [0, 0.1) is 17.6 Å². The molecule has 7 nitrogen and oxygen atoms in total. The Labute approximate surface area is 183 Å². The van der Waals surface area contributed by atoms with Crippen LogP contribution in [-0.2, 0) is 0 Å². The molecule has 1 atom stereocenters. The van der Waals surface area contributed by atoms with Gasteiger partial charge in [0.05, 0.1) is 17.5 Å². The zero-order chi connectivity index (χ0) is 22.5. The van der Waals surface area contributed by atoms with Crippen LogP contribution in [0.15, 0.2) is 54.7 Å². The van der Waals surface area contributed by atoms with Gasteiger partial charge < -0.3 is 15.5 Å². The number of likely N-dealkylation sites (tertiary alicyclic amines) is 1. The maximum atomic E-state index is 13.3. The third-order valence-electron chi connectivity index (χ3n) is 5.44. The first kappa shape index (κ1) is 21.5. The number of nitrogens with zero attached hydrogens (tertiary/aromatic N) is 2. The van der Waals surface area contributed by atoms with Crippen molar-refractivity contribution in [2.45, 2.75) is 12.8 Å². The second kappa shape index (κ2) is 9.59. The molecule has 1 fully saturated rings. The molecule has 0 spiro atoms. The first-order valence-corrected chi connectivity index (χ1v) is 10.4. The van der Waals surface area contributed by atoms with Crippen molar-refractivity contribution in [3.8, 4) is 11.3 Å². The lowest BCUT2D eigenvalue weighted by molar-refractivity contribution is 0.0676. The van der Waals surface area contributed by atoms with Crippen molar-refractivity contribution >= 4 is 17.6 Å². The summed E-state index contributed by atoms with van der Waals surface area (Å²) in [7, 11) is 0. The fourth-order valence-electron chi connectivity index (χ4n) is 3.85.